The minimum atomic E-state index is -3.49. The lowest BCUT2D eigenvalue weighted by Gasteiger charge is -2.11. The third-order valence-corrected chi connectivity index (χ3v) is 4.80. The minimum absolute atomic E-state index is 0.000136. The minimum Gasteiger partial charge on any atom is -0.280 e. The number of benzene rings is 2. The van der Waals surface area contributed by atoms with Gasteiger partial charge in [0.2, 0.25) is 10.0 Å². The van der Waals surface area contributed by atoms with Gasteiger partial charge < -0.3 is 0 Å². The Labute approximate surface area is 141 Å². The summed E-state index contributed by atoms with van der Waals surface area (Å²) >= 11 is 0. The largest absolute Gasteiger partial charge is 0.280 e. The summed E-state index contributed by atoms with van der Waals surface area (Å²) in [6.45, 7) is 0. The van der Waals surface area contributed by atoms with Crippen molar-refractivity contribution in [3.63, 3.8) is 0 Å². The fraction of sp³-hybridized carbons (Fsp3) is 0.111. The lowest BCUT2D eigenvalue weighted by molar-refractivity contribution is 0.600. The first-order valence-electron chi connectivity index (χ1n) is 7.54. The first-order chi connectivity index (χ1) is 11.6. The summed E-state index contributed by atoms with van der Waals surface area (Å²) in [5.41, 5.74) is 2.77. The molecular formula is C18H17N3O2S. The van der Waals surface area contributed by atoms with Gasteiger partial charge in [-0.05, 0) is 12.0 Å². The highest BCUT2D eigenvalue weighted by Crippen LogP contribution is 2.25. The molecule has 0 atom stereocenters. The summed E-state index contributed by atoms with van der Waals surface area (Å²) in [5.74, 6) is 0.000136. The topological polar surface area (TPSA) is 72.0 Å². The molecule has 0 saturated carbocycles. The van der Waals surface area contributed by atoms with Gasteiger partial charge in [0.25, 0.3) is 0 Å². The molecule has 1 heterocycles. The van der Waals surface area contributed by atoms with Gasteiger partial charge in [0.1, 0.15) is 6.33 Å². The van der Waals surface area contributed by atoms with E-state index in [1.165, 1.54) is 12.5 Å². The maximum absolute atomic E-state index is 12.4. The molecule has 3 aromatic rings. The molecule has 0 bridgehead atoms. The molecule has 5 nitrogen and oxygen atoms in total. The van der Waals surface area contributed by atoms with E-state index in [1.807, 2.05) is 60.7 Å². The summed E-state index contributed by atoms with van der Waals surface area (Å²) in [5, 5.41) is 0. The number of hydrogen-bond donors (Lipinski definition) is 1. The fourth-order valence-electron chi connectivity index (χ4n) is 2.35. The fourth-order valence-corrected chi connectivity index (χ4v) is 3.44. The van der Waals surface area contributed by atoms with E-state index < -0.39 is 10.0 Å². The van der Waals surface area contributed by atoms with Gasteiger partial charge >= 0.3 is 0 Å². The van der Waals surface area contributed by atoms with Crippen molar-refractivity contribution < 1.29 is 8.42 Å². The highest BCUT2D eigenvalue weighted by atomic mass is 32.2. The standard InChI is InChI=1S/C18H17N3O2S/c22-24(23,12-11-15-7-3-1-4-8-15)21-17-13-19-14-20-18(17)16-9-5-2-6-10-16/h1-10,13-14,21H,11-12H2. The van der Waals surface area contributed by atoms with E-state index in [0.29, 0.717) is 17.8 Å². The van der Waals surface area contributed by atoms with Crippen LogP contribution >= 0.6 is 0 Å². The van der Waals surface area contributed by atoms with Crippen molar-refractivity contribution in [3.8, 4) is 11.3 Å². The molecule has 0 unspecified atom stereocenters. The van der Waals surface area contributed by atoms with Crippen LogP contribution in [0.4, 0.5) is 5.69 Å². The predicted molar refractivity (Wildman–Crippen MR) is 95.0 cm³/mol. The predicted octanol–water partition coefficient (Wildman–Crippen LogP) is 3.13. The van der Waals surface area contributed by atoms with Crippen molar-refractivity contribution in [2.24, 2.45) is 0 Å². The SMILES string of the molecule is O=S(=O)(CCc1ccccc1)Nc1cncnc1-c1ccccc1. The molecule has 24 heavy (non-hydrogen) atoms. The average molecular weight is 339 g/mol. The third-order valence-electron chi connectivity index (χ3n) is 3.53. The Bertz CT molecular complexity index is 898. The summed E-state index contributed by atoms with van der Waals surface area (Å²) < 4.78 is 27.4. The molecule has 3 rings (SSSR count). The smallest absolute Gasteiger partial charge is 0.233 e. The molecule has 0 fully saturated rings. The Morgan fingerprint density at radius 1 is 0.917 bits per heavy atom. The maximum Gasteiger partial charge on any atom is 0.233 e. The van der Waals surface area contributed by atoms with Crippen LogP contribution < -0.4 is 4.72 Å². The zero-order valence-corrected chi connectivity index (χ0v) is 13.8. The lowest BCUT2D eigenvalue weighted by atomic mass is 10.1. The van der Waals surface area contributed by atoms with Crippen molar-refractivity contribution in [1.29, 1.82) is 0 Å². The number of aryl methyl sites for hydroxylation is 1. The molecule has 0 aliphatic heterocycles. The van der Waals surface area contributed by atoms with Crippen molar-refractivity contribution in [2.45, 2.75) is 6.42 Å². The number of rotatable bonds is 6. The molecule has 0 aliphatic carbocycles. The Balaban J connectivity index is 1.78. The molecule has 0 saturated heterocycles. The average Bonchev–Trinajstić information content (AvgIpc) is 2.62. The highest BCUT2D eigenvalue weighted by Gasteiger charge is 2.15. The number of nitrogens with one attached hydrogen (secondary N) is 1. The van der Waals surface area contributed by atoms with Crippen molar-refractivity contribution in [1.82, 2.24) is 9.97 Å². The highest BCUT2D eigenvalue weighted by molar-refractivity contribution is 7.92. The van der Waals surface area contributed by atoms with E-state index in [9.17, 15) is 8.42 Å². The van der Waals surface area contributed by atoms with E-state index in [0.717, 1.165) is 11.1 Å². The number of nitrogens with zero attached hydrogens (tertiary/aromatic N) is 2. The molecule has 0 aliphatic rings. The van der Waals surface area contributed by atoms with Gasteiger partial charge in [-0.3, -0.25) is 4.72 Å². The zero-order valence-electron chi connectivity index (χ0n) is 13.0. The Morgan fingerprint density at radius 2 is 1.58 bits per heavy atom. The second-order valence-corrected chi connectivity index (χ2v) is 7.15. The molecule has 0 radical (unpaired) electrons. The van der Waals surface area contributed by atoms with E-state index in [2.05, 4.69) is 14.7 Å². The van der Waals surface area contributed by atoms with E-state index in [1.54, 1.807) is 0 Å². The molecule has 0 amide bonds. The van der Waals surface area contributed by atoms with Crippen LogP contribution in [0.25, 0.3) is 11.3 Å². The van der Waals surface area contributed by atoms with Gasteiger partial charge in [0.15, 0.2) is 0 Å². The quantitative estimate of drug-likeness (QED) is 0.749. The summed E-state index contributed by atoms with van der Waals surface area (Å²) in [7, 11) is -3.49. The second-order valence-electron chi connectivity index (χ2n) is 5.31. The molecular weight excluding hydrogens is 322 g/mol. The normalized spacial score (nSPS) is 11.2. The molecule has 122 valence electrons. The van der Waals surface area contributed by atoms with Crippen LogP contribution in [0.1, 0.15) is 5.56 Å². The van der Waals surface area contributed by atoms with Crippen LogP contribution in [0, 0.1) is 0 Å². The molecule has 1 aromatic heterocycles. The number of aromatic nitrogens is 2. The number of hydrogen-bond acceptors (Lipinski definition) is 4. The second kappa shape index (κ2) is 7.23. The zero-order chi connectivity index (χ0) is 16.8. The third kappa shape index (κ3) is 4.17. The van der Waals surface area contributed by atoms with Crippen molar-refractivity contribution in [3.05, 3.63) is 78.8 Å². The lowest BCUT2D eigenvalue weighted by Crippen LogP contribution is -2.19. The van der Waals surface area contributed by atoms with Gasteiger partial charge in [-0.1, -0.05) is 60.7 Å². The van der Waals surface area contributed by atoms with Gasteiger partial charge in [-0.15, -0.1) is 0 Å². The van der Waals surface area contributed by atoms with Crippen molar-refractivity contribution in [2.75, 3.05) is 10.5 Å². The summed E-state index contributed by atoms with van der Waals surface area (Å²) in [6, 6.07) is 18.9. The van der Waals surface area contributed by atoms with Crippen LogP contribution in [-0.4, -0.2) is 24.1 Å². The molecule has 2 aromatic carbocycles. The van der Waals surface area contributed by atoms with Crippen LogP contribution in [0.3, 0.4) is 0 Å². The molecule has 1 N–H and O–H groups in total. The van der Waals surface area contributed by atoms with Crippen LogP contribution in [0.15, 0.2) is 73.2 Å². The molecule has 0 spiro atoms. The van der Waals surface area contributed by atoms with E-state index in [-0.39, 0.29) is 5.75 Å². The van der Waals surface area contributed by atoms with E-state index in [4.69, 9.17) is 0 Å². The Kier molecular flexibility index (Phi) is 4.86. The van der Waals surface area contributed by atoms with Gasteiger partial charge in [0, 0.05) is 5.56 Å². The van der Waals surface area contributed by atoms with Gasteiger partial charge in [-0.2, -0.15) is 0 Å². The van der Waals surface area contributed by atoms with E-state index >= 15 is 0 Å². The Hall–Kier alpha value is -2.73. The Morgan fingerprint density at radius 3 is 2.29 bits per heavy atom. The van der Waals surface area contributed by atoms with Crippen LogP contribution in [-0.2, 0) is 16.4 Å². The monoisotopic (exact) mass is 339 g/mol. The summed E-state index contributed by atoms with van der Waals surface area (Å²) in [6.07, 6.45) is 3.34. The first kappa shape index (κ1) is 16.1. The van der Waals surface area contributed by atoms with Crippen LogP contribution in [0.5, 0.6) is 0 Å². The molecule has 6 heteroatoms. The number of sulfonamides is 1. The first-order valence-corrected chi connectivity index (χ1v) is 9.19. The summed E-state index contributed by atoms with van der Waals surface area (Å²) in [4.78, 5) is 8.15. The number of anilines is 1. The van der Waals surface area contributed by atoms with Gasteiger partial charge in [-0.25, -0.2) is 18.4 Å². The maximum atomic E-state index is 12.4. The van der Waals surface area contributed by atoms with Crippen molar-refractivity contribution >= 4 is 15.7 Å². The van der Waals surface area contributed by atoms with Gasteiger partial charge in [0.05, 0.1) is 23.3 Å². The van der Waals surface area contributed by atoms with Crippen LogP contribution in [0.2, 0.25) is 0 Å².